The summed E-state index contributed by atoms with van der Waals surface area (Å²) in [5.41, 5.74) is 1.27. The van der Waals surface area contributed by atoms with Gasteiger partial charge in [-0.3, -0.25) is 4.79 Å². The summed E-state index contributed by atoms with van der Waals surface area (Å²) < 4.78 is 21.1. The summed E-state index contributed by atoms with van der Waals surface area (Å²) in [7, 11) is 3.05. The molecule has 7 nitrogen and oxygen atoms in total. The Bertz CT molecular complexity index is 1040. The van der Waals surface area contributed by atoms with Crippen LogP contribution in [0, 0.1) is 6.92 Å². The summed E-state index contributed by atoms with van der Waals surface area (Å²) in [6, 6.07) is 11.6. The number of methoxy groups -OCH3 is 2. The molecule has 7 heteroatoms. The fourth-order valence-electron chi connectivity index (χ4n) is 2.64. The van der Waals surface area contributed by atoms with Crippen molar-refractivity contribution in [2.45, 2.75) is 6.92 Å². The lowest BCUT2D eigenvalue weighted by Gasteiger charge is -2.12. The lowest BCUT2D eigenvalue weighted by Crippen LogP contribution is -2.20. The van der Waals surface area contributed by atoms with E-state index in [0.717, 1.165) is 10.9 Å². The molecule has 2 aromatic carbocycles. The Morgan fingerprint density at radius 3 is 2.56 bits per heavy atom. The van der Waals surface area contributed by atoms with Crippen LogP contribution in [0.15, 0.2) is 51.7 Å². The summed E-state index contributed by atoms with van der Waals surface area (Å²) in [6.07, 6.45) is 0. The molecule has 1 amide bonds. The van der Waals surface area contributed by atoms with Gasteiger partial charge in [0.25, 0.3) is 5.91 Å². The number of hydrogen-bond acceptors (Lipinski definition) is 6. The van der Waals surface area contributed by atoms with Crippen molar-refractivity contribution in [3.8, 4) is 17.2 Å². The molecule has 0 bridgehead atoms. The fourth-order valence-corrected chi connectivity index (χ4v) is 2.64. The molecule has 0 saturated heterocycles. The Labute approximate surface area is 155 Å². The number of nitrogens with one attached hydrogen (secondary N) is 1. The topological polar surface area (TPSA) is 87.0 Å². The number of aryl methyl sites for hydroxylation is 1. The van der Waals surface area contributed by atoms with E-state index in [2.05, 4.69) is 5.32 Å². The Morgan fingerprint density at radius 2 is 1.81 bits per heavy atom. The maximum Gasteiger partial charge on any atom is 0.336 e. The summed E-state index contributed by atoms with van der Waals surface area (Å²) in [5, 5.41) is 3.53. The zero-order chi connectivity index (χ0) is 19.4. The molecule has 0 saturated carbocycles. The van der Waals surface area contributed by atoms with E-state index in [1.807, 2.05) is 6.92 Å². The average molecular weight is 369 g/mol. The zero-order valence-corrected chi connectivity index (χ0v) is 15.2. The van der Waals surface area contributed by atoms with Gasteiger partial charge in [-0.1, -0.05) is 0 Å². The summed E-state index contributed by atoms with van der Waals surface area (Å²) in [4.78, 5) is 23.7. The van der Waals surface area contributed by atoms with E-state index in [0.29, 0.717) is 28.5 Å². The number of anilines is 1. The molecule has 3 rings (SSSR count). The first-order valence-electron chi connectivity index (χ1n) is 8.19. The summed E-state index contributed by atoms with van der Waals surface area (Å²) >= 11 is 0. The van der Waals surface area contributed by atoms with E-state index in [1.54, 1.807) is 36.4 Å². The first-order valence-corrected chi connectivity index (χ1v) is 8.19. The van der Waals surface area contributed by atoms with Crippen molar-refractivity contribution in [2.24, 2.45) is 0 Å². The quantitative estimate of drug-likeness (QED) is 0.672. The SMILES string of the molecule is COc1ccc(OC)c(NC(=O)COc2ccc3c(C)cc(=O)oc3c2)c1. The fraction of sp³-hybridized carbons (Fsp3) is 0.200. The average Bonchev–Trinajstić information content (AvgIpc) is 2.65. The third kappa shape index (κ3) is 4.20. The minimum atomic E-state index is -0.431. The lowest BCUT2D eigenvalue weighted by molar-refractivity contribution is -0.118. The van der Waals surface area contributed by atoms with E-state index in [1.165, 1.54) is 20.3 Å². The van der Waals surface area contributed by atoms with Gasteiger partial charge >= 0.3 is 5.63 Å². The number of fused-ring (bicyclic) bond motifs is 1. The first kappa shape index (κ1) is 18.3. The van der Waals surface area contributed by atoms with Gasteiger partial charge in [-0.2, -0.15) is 0 Å². The van der Waals surface area contributed by atoms with Gasteiger partial charge in [-0.25, -0.2) is 4.79 Å². The maximum absolute atomic E-state index is 12.2. The van der Waals surface area contributed by atoms with E-state index in [4.69, 9.17) is 18.6 Å². The van der Waals surface area contributed by atoms with Crippen LogP contribution in [-0.2, 0) is 4.79 Å². The minimum Gasteiger partial charge on any atom is -0.497 e. The van der Waals surface area contributed by atoms with Crippen LogP contribution < -0.4 is 25.2 Å². The Morgan fingerprint density at radius 1 is 1.04 bits per heavy atom. The van der Waals surface area contributed by atoms with Crippen LogP contribution in [0.4, 0.5) is 5.69 Å². The molecule has 0 atom stereocenters. The molecule has 0 unspecified atom stereocenters. The number of hydrogen-bond donors (Lipinski definition) is 1. The molecular weight excluding hydrogens is 350 g/mol. The van der Waals surface area contributed by atoms with E-state index >= 15 is 0 Å². The predicted octanol–water partition coefficient (Wildman–Crippen LogP) is 3.14. The van der Waals surface area contributed by atoms with Crippen molar-refractivity contribution in [3.05, 3.63) is 58.4 Å². The second-order valence-corrected chi connectivity index (χ2v) is 5.81. The molecule has 1 aromatic heterocycles. The van der Waals surface area contributed by atoms with Crippen LogP contribution in [0.5, 0.6) is 17.2 Å². The van der Waals surface area contributed by atoms with Crippen molar-refractivity contribution >= 4 is 22.6 Å². The Balaban J connectivity index is 1.71. The maximum atomic E-state index is 12.2. The van der Waals surface area contributed by atoms with Crippen LogP contribution in [0.2, 0.25) is 0 Å². The molecule has 0 radical (unpaired) electrons. The molecule has 1 heterocycles. The summed E-state index contributed by atoms with van der Waals surface area (Å²) in [6.45, 7) is 1.61. The van der Waals surface area contributed by atoms with Gasteiger partial charge in [0.1, 0.15) is 22.8 Å². The smallest absolute Gasteiger partial charge is 0.336 e. The van der Waals surface area contributed by atoms with Gasteiger partial charge in [0.15, 0.2) is 6.61 Å². The highest BCUT2D eigenvalue weighted by molar-refractivity contribution is 5.93. The normalized spacial score (nSPS) is 10.5. The number of carbonyl (C=O) groups is 1. The molecule has 0 fully saturated rings. The Hall–Kier alpha value is -3.48. The highest BCUT2D eigenvalue weighted by Gasteiger charge is 2.11. The first-order chi connectivity index (χ1) is 13.0. The lowest BCUT2D eigenvalue weighted by atomic mass is 10.1. The van der Waals surface area contributed by atoms with Gasteiger partial charge in [-0.15, -0.1) is 0 Å². The molecule has 0 aliphatic heterocycles. The molecule has 0 spiro atoms. The predicted molar refractivity (Wildman–Crippen MR) is 101 cm³/mol. The molecule has 3 aromatic rings. The second kappa shape index (κ2) is 7.82. The van der Waals surface area contributed by atoms with Crippen LogP contribution in [0.25, 0.3) is 11.0 Å². The number of amides is 1. The highest BCUT2D eigenvalue weighted by atomic mass is 16.5. The van der Waals surface area contributed by atoms with Gasteiger partial charge in [0.2, 0.25) is 0 Å². The van der Waals surface area contributed by atoms with Crippen molar-refractivity contribution < 1.29 is 23.4 Å². The molecule has 140 valence electrons. The molecule has 1 N–H and O–H groups in total. The largest absolute Gasteiger partial charge is 0.497 e. The molecule has 0 aliphatic rings. The Kier molecular flexibility index (Phi) is 5.30. The van der Waals surface area contributed by atoms with Crippen molar-refractivity contribution in [3.63, 3.8) is 0 Å². The van der Waals surface area contributed by atoms with Crippen LogP contribution in [0.1, 0.15) is 5.56 Å². The molecule has 27 heavy (non-hydrogen) atoms. The second-order valence-electron chi connectivity index (χ2n) is 5.81. The summed E-state index contributed by atoms with van der Waals surface area (Å²) in [5.74, 6) is 1.15. The van der Waals surface area contributed by atoms with E-state index < -0.39 is 5.63 Å². The minimum absolute atomic E-state index is 0.220. The van der Waals surface area contributed by atoms with Crippen molar-refractivity contribution in [1.82, 2.24) is 0 Å². The number of rotatable bonds is 6. The number of ether oxygens (including phenoxy) is 3. The molecular formula is C20H19NO6. The molecule has 0 aliphatic carbocycles. The zero-order valence-electron chi connectivity index (χ0n) is 15.2. The van der Waals surface area contributed by atoms with Crippen LogP contribution in [-0.4, -0.2) is 26.7 Å². The standard InChI is InChI=1S/C20H19NO6/c1-12-8-20(23)27-18-10-14(4-6-15(12)18)26-11-19(22)21-16-9-13(24-2)5-7-17(16)25-3/h4-10H,11H2,1-3H3,(H,21,22). The monoisotopic (exact) mass is 369 g/mol. The van der Waals surface area contributed by atoms with E-state index in [-0.39, 0.29) is 12.5 Å². The van der Waals surface area contributed by atoms with Gasteiger partial charge in [0.05, 0.1) is 19.9 Å². The van der Waals surface area contributed by atoms with Crippen molar-refractivity contribution in [1.29, 1.82) is 0 Å². The highest BCUT2D eigenvalue weighted by Crippen LogP contribution is 2.29. The van der Waals surface area contributed by atoms with Crippen LogP contribution >= 0.6 is 0 Å². The van der Waals surface area contributed by atoms with E-state index in [9.17, 15) is 9.59 Å². The third-order valence-corrected chi connectivity index (χ3v) is 3.97. The van der Waals surface area contributed by atoms with Gasteiger partial charge in [0, 0.05) is 23.6 Å². The third-order valence-electron chi connectivity index (χ3n) is 3.97. The van der Waals surface area contributed by atoms with Crippen molar-refractivity contribution in [2.75, 3.05) is 26.1 Å². The number of benzene rings is 2. The van der Waals surface area contributed by atoms with Gasteiger partial charge in [-0.05, 0) is 36.8 Å². The van der Waals surface area contributed by atoms with Gasteiger partial charge < -0.3 is 23.9 Å². The number of carbonyl (C=O) groups excluding carboxylic acids is 1. The van der Waals surface area contributed by atoms with Crippen LogP contribution in [0.3, 0.4) is 0 Å².